The third-order valence-corrected chi connectivity index (χ3v) is 3.91. The molecule has 0 aliphatic carbocycles. The molecule has 2 heterocycles. The van der Waals surface area contributed by atoms with Crippen molar-refractivity contribution in [2.24, 2.45) is 0 Å². The average Bonchev–Trinajstić information content (AvgIpc) is 2.97. The predicted molar refractivity (Wildman–Crippen MR) is 82.0 cm³/mol. The number of morpholine rings is 1. The third kappa shape index (κ3) is 3.24. The molecule has 0 bridgehead atoms. The zero-order valence-electron chi connectivity index (χ0n) is 13.2. The van der Waals surface area contributed by atoms with E-state index in [1.807, 2.05) is 6.92 Å². The molecule has 1 saturated heterocycles. The van der Waals surface area contributed by atoms with Crippen LogP contribution in [0.4, 0.5) is 4.39 Å². The lowest BCUT2D eigenvalue weighted by molar-refractivity contribution is -0.0230. The van der Waals surface area contributed by atoms with Crippen molar-refractivity contribution in [3.8, 4) is 5.69 Å². The first-order valence-corrected chi connectivity index (χ1v) is 7.69. The molecule has 1 atom stereocenters. The van der Waals surface area contributed by atoms with Crippen molar-refractivity contribution >= 4 is 5.91 Å². The predicted octanol–water partition coefficient (Wildman–Crippen LogP) is 1.97. The minimum atomic E-state index is -0.318. The molecule has 1 fully saturated rings. The number of aromatic nitrogens is 3. The summed E-state index contributed by atoms with van der Waals surface area (Å²) in [5.41, 5.74) is 0.670. The monoisotopic (exact) mass is 318 g/mol. The van der Waals surface area contributed by atoms with Crippen LogP contribution in [0.2, 0.25) is 0 Å². The SMILES string of the molecule is CCC1CN(C(=O)c2nc(C)n(-c3ccc(F)cc3)n2)CCO1. The fourth-order valence-corrected chi connectivity index (χ4v) is 2.60. The Morgan fingerprint density at radius 1 is 1.39 bits per heavy atom. The first-order chi connectivity index (χ1) is 11.1. The smallest absolute Gasteiger partial charge is 0.293 e. The number of hydrogen-bond acceptors (Lipinski definition) is 4. The van der Waals surface area contributed by atoms with E-state index in [1.165, 1.54) is 12.1 Å². The molecule has 1 aliphatic heterocycles. The van der Waals surface area contributed by atoms with Gasteiger partial charge in [-0.05, 0) is 37.6 Å². The molecule has 1 aromatic heterocycles. The number of hydrogen-bond donors (Lipinski definition) is 0. The van der Waals surface area contributed by atoms with Gasteiger partial charge in [0.25, 0.3) is 5.91 Å². The third-order valence-electron chi connectivity index (χ3n) is 3.91. The van der Waals surface area contributed by atoms with Crippen LogP contribution in [0.15, 0.2) is 24.3 Å². The van der Waals surface area contributed by atoms with Gasteiger partial charge in [-0.15, -0.1) is 5.10 Å². The molecule has 0 spiro atoms. The van der Waals surface area contributed by atoms with E-state index in [4.69, 9.17) is 4.74 Å². The van der Waals surface area contributed by atoms with Crippen molar-refractivity contribution in [1.29, 1.82) is 0 Å². The number of ether oxygens (including phenoxy) is 1. The van der Waals surface area contributed by atoms with E-state index in [0.29, 0.717) is 31.2 Å². The normalized spacial score (nSPS) is 18.2. The summed E-state index contributed by atoms with van der Waals surface area (Å²) in [6.07, 6.45) is 0.924. The summed E-state index contributed by atoms with van der Waals surface area (Å²) in [4.78, 5) is 18.6. The molecule has 3 rings (SSSR count). The van der Waals surface area contributed by atoms with Gasteiger partial charge in [0.15, 0.2) is 0 Å². The minimum absolute atomic E-state index is 0.0629. The van der Waals surface area contributed by atoms with Crippen molar-refractivity contribution in [2.45, 2.75) is 26.4 Å². The summed E-state index contributed by atoms with van der Waals surface area (Å²) in [6, 6.07) is 5.91. The van der Waals surface area contributed by atoms with Crippen molar-refractivity contribution in [3.05, 3.63) is 41.7 Å². The molecule has 1 unspecified atom stereocenters. The van der Waals surface area contributed by atoms with Crippen LogP contribution < -0.4 is 0 Å². The molecule has 122 valence electrons. The number of rotatable bonds is 3. The molecule has 1 amide bonds. The Labute approximate surface area is 133 Å². The number of aryl methyl sites for hydroxylation is 1. The van der Waals surface area contributed by atoms with Crippen molar-refractivity contribution in [3.63, 3.8) is 0 Å². The van der Waals surface area contributed by atoms with Crippen LogP contribution in [0.3, 0.4) is 0 Å². The lowest BCUT2D eigenvalue weighted by Crippen LogP contribution is -2.45. The number of carbonyl (C=O) groups excluding carboxylic acids is 1. The van der Waals surface area contributed by atoms with Crippen molar-refractivity contribution in [2.75, 3.05) is 19.7 Å². The second-order valence-corrected chi connectivity index (χ2v) is 5.52. The van der Waals surface area contributed by atoms with Gasteiger partial charge >= 0.3 is 0 Å². The highest BCUT2D eigenvalue weighted by molar-refractivity contribution is 5.90. The van der Waals surface area contributed by atoms with Gasteiger partial charge in [-0.3, -0.25) is 4.79 Å². The molecule has 7 heteroatoms. The van der Waals surface area contributed by atoms with E-state index in [0.717, 1.165) is 6.42 Å². The summed E-state index contributed by atoms with van der Waals surface area (Å²) in [7, 11) is 0. The van der Waals surface area contributed by atoms with E-state index in [-0.39, 0.29) is 23.7 Å². The Kier molecular flexibility index (Phi) is 4.38. The quantitative estimate of drug-likeness (QED) is 0.868. The van der Waals surface area contributed by atoms with Gasteiger partial charge in [-0.1, -0.05) is 6.92 Å². The van der Waals surface area contributed by atoms with Gasteiger partial charge in [0.05, 0.1) is 18.4 Å². The van der Waals surface area contributed by atoms with E-state index in [1.54, 1.807) is 28.6 Å². The molecule has 0 radical (unpaired) electrons. The Morgan fingerprint density at radius 2 is 2.13 bits per heavy atom. The van der Waals surface area contributed by atoms with E-state index in [2.05, 4.69) is 10.1 Å². The zero-order chi connectivity index (χ0) is 16.4. The molecule has 0 N–H and O–H groups in total. The number of halogens is 1. The highest BCUT2D eigenvalue weighted by Gasteiger charge is 2.27. The molecule has 2 aromatic rings. The number of amides is 1. The lowest BCUT2D eigenvalue weighted by atomic mass is 10.2. The highest BCUT2D eigenvalue weighted by Crippen LogP contribution is 2.14. The van der Waals surface area contributed by atoms with Crippen LogP contribution in [-0.4, -0.2) is 51.4 Å². The molecule has 23 heavy (non-hydrogen) atoms. The number of carbonyl (C=O) groups is 1. The fraction of sp³-hybridized carbons (Fsp3) is 0.438. The number of nitrogens with zero attached hydrogens (tertiary/aromatic N) is 4. The number of benzene rings is 1. The van der Waals surface area contributed by atoms with E-state index in [9.17, 15) is 9.18 Å². The van der Waals surface area contributed by atoms with Crippen LogP contribution in [0.25, 0.3) is 5.69 Å². The standard InChI is InChI=1S/C16H19FN4O2/c1-3-14-10-20(8-9-23-14)16(22)15-18-11(2)21(19-15)13-6-4-12(17)5-7-13/h4-7,14H,3,8-10H2,1-2H3. The summed E-state index contributed by atoms with van der Waals surface area (Å²) in [5.74, 6) is 0.223. The first kappa shape index (κ1) is 15.6. The molecule has 1 aliphatic rings. The maximum Gasteiger partial charge on any atom is 0.293 e. The maximum absolute atomic E-state index is 13.0. The van der Waals surface area contributed by atoms with Crippen LogP contribution in [0.1, 0.15) is 29.8 Å². The topological polar surface area (TPSA) is 60.2 Å². The molecular weight excluding hydrogens is 299 g/mol. The van der Waals surface area contributed by atoms with Crippen molar-refractivity contribution in [1.82, 2.24) is 19.7 Å². The molecule has 1 aromatic carbocycles. The second-order valence-electron chi connectivity index (χ2n) is 5.52. The van der Waals surface area contributed by atoms with Gasteiger partial charge in [0.1, 0.15) is 11.6 Å². The lowest BCUT2D eigenvalue weighted by Gasteiger charge is -2.31. The Balaban J connectivity index is 1.82. The fourth-order valence-electron chi connectivity index (χ4n) is 2.60. The highest BCUT2D eigenvalue weighted by atomic mass is 19.1. The molecule has 0 saturated carbocycles. The molecule has 6 nitrogen and oxygen atoms in total. The van der Waals surface area contributed by atoms with Gasteiger partial charge < -0.3 is 9.64 Å². The van der Waals surface area contributed by atoms with Crippen LogP contribution in [-0.2, 0) is 4.74 Å². The molecular formula is C16H19FN4O2. The zero-order valence-corrected chi connectivity index (χ0v) is 13.2. The largest absolute Gasteiger partial charge is 0.375 e. The van der Waals surface area contributed by atoms with Crippen molar-refractivity contribution < 1.29 is 13.9 Å². The summed E-state index contributed by atoms with van der Waals surface area (Å²) >= 11 is 0. The van der Waals surface area contributed by atoms with Crippen LogP contribution in [0.5, 0.6) is 0 Å². The summed E-state index contributed by atoms with van der Waals surface area (Å²) in [6.45, 7) is 5.42. The van der Waals surface area contributed by atoms with E-state index < -0.39 is 0 Å². The van der Waals surface area contributed by atoms with Crippen LogP contribution in [0, 0.1) is 12.7 Å². The Bertz CT molecular complexity index is 699. The van der Waals surface area contributed by atoms with Crippen LogP contribution >= 0.6 is 0 Å². The Morgan fingerprint density at radius 3 is 2.83 bits per heavy atom. The van der Waals surface area contributed by atoms with Gasteiger partial charge in [-0.25, -0.2) is 14.1 Å². The summed E-state index contributed by atoms with van der Waals surface area (Å²) < 4.78 is 20.2. The van der Waals surface area contributed by atoms with E-state index >= 15 is 0 Å². The first-order valence-electron chi connectivity index (χ1n) is 7.69. The Hall–Kier alpha value is -2.28. The van der Waals surface area contributed by atoms with Gasteiger partial charge in [-0.2, -0.15) is 0 Å². The summed E-state index contributed by atoms with van der Waals surface area (Å²) in [5, 5.41) is 4.29. The average molecular weight is 318 g/mol. The van der Waals surface area contributed by atoms with Gasteiger partial charge in [0.2, 0.25) is 5.82 Å². The second kappa shape index (κ2) is 6.45. The van der Waals surface area contributed by atoms with Gasteiger partial charge in [0, 0.05) is 13.1 Å². The maximum atomic E-state index is 13.0. The minimum Gasteiger partial charge on any atom is -0.375 e.